The SMILES string of the molecule is C=CC=C(C=C)c1ccc(CNC(=O)C(O)CCNC(=O)C2OC(c3ccc(OC)cc3)OCC2(C)C)cc1. The lowest BCUT2D eigenvalue weighted by Gasteiger charge is -2.41. The average Bonchev–Trinajstić information content (AvgIpc) is 2.94. The fourth-order valence-electron chi connectivity index (χ4n) is 4.15. The Morgan fingerprint density at radius 1 is 1.13 bits per heavy atom. The van der Waals surface area contributed by atoms with Crippen molar-refractivity contribution in [2.24, 2.45) is 5.41 Å². The van der Waals surface area contributed by atoms with E-state index in [1.807, 2.05) is 56.3 Å². The van der Waals surface area contributed by atoms with E-state index in [1.54, 1.807) is 31.4 Å². The molecule has 39 heavy (non-hydrogen) atoms. The number of allylic oxidation sites excluding steroid dienone is 4. The van der Waals surface area contributed by atoms with Crippen LogP contribution in [0.25, 0.3) is 5.57 Å². The quantitative estimate of drug-likeness (QED) is 0.355. The van der Waals surface area contributed by atoms with Crippen molar-refractivity contribution >= 4 is 17.4 Å². The molecule has 8 nitrogen and oxygen atoms in total. The summed E-state index contributed by atoms with van der Waals surface area (Å²) >= 11 is 0. The summed E-state index contributed by atoms with van der Waals surface area (Å²) in [7, 11) is 1.59. The molecule has 1 aliphatic heterocycles. The molecule has 1 saturated heterocycles. The molecule has 0 saturated carbocycles. The highest BCUT2D eigenvalue weighted by Gasteiger charge is 2.43. The van der Waals surface area contributed by atoms with Gasteiger partial charge in [0.25, 0.3) is 0 Å². The Morgan fingerprint density at radius 2 is 1.82 bits per heavy atom. The Labute approximate surface area is 230 Å². The summed E-state index contributed by atoms with van der Waals surface area (Å²) in [5.74, 6) is -0.115. The highest BCUT2D eigenvalue weighted by atomic mass is 16.7. The molecule has 0 radical (unpaired) electrons. The molecular formula is C31H38N2O6. The van der Waals surface area contributed by atoms with Crippen molar-refractivity contribution in [3.05, 3.63) is 96.6 Å². The van der Waals surface area contributed by atoms with E-state index in [9.17, 15) is 14.7 Å². The van der Waals surface area contributed by atoms with Crippen molar-refractivity contribution in [3.8, 4) is 5.75 Å². The molecule has 1 aliphatic rings. The maximum absolute atomic E-state index is 13.0. The van der Waals surface area contributed by atoms with Gasteiger partial charge < -0.3 is 30.0 Å². The molecule has 3 unspecified atom stereocenters. The van der Waals surface area contributed by atoms with Gasteiger partial charge in [-0.2, -0.15) is 0 Å². The van der Waals surface area contributed by atoms with Gasteiger partial charge in [0.1, 0.15) is 18.0 Å². The van der Waals surface area contributed by atoms with Crippen LogP contribution in [0.4, 0.5) is 0 Å². The van der Waals surface area contributed by atoms with Crippen LogP contribution >= 0.6 is 0 Å². The normalized spacial score (nSPS) is 19.4. The van der Waals surface area contributed by atoms with Gasteiger partial charge in [-0.3, -0.25) is 9.59 Å². The van der Waals surface area contributed by atoms with Gasteiger partial charge in [0.15, 0.2) is 6.29 Å². The minimum atomic E-state index is -1.26. The van der Waals surface area contributed by atoms with Crippen molar-refractivity contribution in [3.63, 3.8) is 0 Å². The first-order valence-corrected chi connectivity index (χ1v) is 12.9. The topological polar surface area (TPSA) is 106 Å². The second-order valence-electron chi connectivity index (χ2n) is 9.99. The Bertz CT molecular complexity index is 1170. The van der Waals surface area contributed by atoms with Gasteiger partial charge in [0.2, 0.25) is 11.8 Å². The van der Waals surface area contributed by atoms with E-state index in [0.717, 1.165) is 22.3 Å². The van der Waals surface area contributed by atoms with E-state index in [1.165, 1.54) is 0 Å². The number of methoxy groups -OCH3 is 1. The van der Waals surface area contributed by atoms with Crippen LogP contribution in [0.2, 0.25) is 0 Å². The number of carbonyl (C=O) groups is 2. The van der Waals surface area contributed by atoms with E-state index < -0.39 is 29.8 Å². The van der Waals surface area contributed by atoms with Crippen molar-refractivity contribution in [1.29, 1.82) is 0 Å². The summed E-state index contributed by atoms with van der Waals surface area (Å²) < 4.78 is 17.1. The number of rotatable bonds is 12. The monoisotopic (exact) mass is 534 g/mol. The predicted molar refractivity (Wildman–Crippen MR) is 151 cm³/mol. The van der Waals surface area contributed by atoms with Crippen molar-refractivity contribution in [2.45, 2.75) is 45.3 Å². The van der Waals surface area contributed by atoms with Crippen LogP contribution in [0.3, 0.4) is 0 Å². The van der Waals surface area contributed by atoms with Crippen LogP contribution in [-0.2, 0) is 25.6 Å². The third-order valence-electron chi connectivity index (χ3n) is 6.49. The van der Waals surface area contributed by atoms with Crippen LogP contribution in [0, 0.1) is 5.41 Å². The van der Waals surface area contributed by atoms with E-state index in [2.05, 4.69) is 23.8 Å². The number of aliphatic hydroxyl groups is 1. The Morgan fingerprint density at radius 3 is 2.44 bits per heavy atom. The van der Waals surface area contributed by atoms with Crippen LogP contribution in [0.1, 0.15) is 43.2 Å². The molecule has 0 aromatic heterocycles. The molecular weight excluding hydrogens is 496 g/mol. The molecule has 1 fully saturated rings. The number of aliphatic hydroxyl groups excluding tert-OH is 1. The van der Waals surface area contributed by atoms with Crippen molar-refractivity contribution in [1.82, 2.24) is 10.6 Å². The highest BCUT2D eigenvalue weighted by Crippen LogP contribution is 2.37. The van der Waals surface area contributed by atoms with Crippen LogP contribution in [-0.4, -0.2) is 49.4 Å². The molecule has 3 atom stereocenters. The van der Waals surface area contributed by atoms with Gasteiger partial charge >= 0.3 is 0 Å². The maximum atomic E-state index is 13.0. The molecule has 0 bridgehead atoms. The first-order chi connectivity index (χ1) is 18.7. The second kappa shape index (κ2) is 13.9. The number of ether oxygens (including phenoxy) is 3. The first kappa shape index (κ1) is 29.8. The first-order valence-electron chi connectivity index (χ1n) is 12.9. The third-order valence-corrected chi connectivity index (χ3v) is 6.49. The summed E-state index contributed by atoms with van der Waals surface area (Å²) in [5, 5.41) is 15.8. The highest BCUT2D eigenvalue weighted by molar-refractivity contribution is 5.82. The summed E-state index contributed by atoms with van der Waals surface area (Å²) in [6.07, 6.45) is 2.67. The molecule has 0 aliphatic carbocycles. The standard InChI is InChI=1S/C31H38N2O6/c1-6-8-22(7-2)23-11-9-21(10-12-23)19-33-28(35)26(34)17-18-32-29(36)27-31(3,4)20-38-30(39-27)24-13-15-25(37-5)16-14-24/h6-16,26-27,30,34H,1-2,17-20H2,3-5H3,(H,32,36)(H,33,35). The molecule has 8 heteroatoms. The maximum Gasteiger partial charge on any atom is 0.249 e. The fraction of sp³-hybridized carbons (Fsp3) is 0.355. The Balaban J connectivity index is 1.46. The molecule has 0 spiro atoms. The van der Waals surface area contributed by atoms with Crippen LogP contribution < -0.4 is 15.4 Å². The number of benzene rings is 2. The second-order valence-corrected chi connectivity index (χ2v) is 9.99. The molecule has 208 valence electrons. The third kappa shape index (κ3) is 8.13. The minimum absolute atomic E-state index is 0.0666. The van der Waals surface area contributed by atoms with E-state index in [4.69, 9.17) is 14.2 Å². The lowest BCUT2D eigenvalue weighted by Crippen LogP contribution is -2.52. The minimum Gasteiger partial charge on any atom is -0.497 e. The Kier molecular flexibility index (Phi) is 10.6. The summed E-state index contributed by atoms with van der Waals surface area (Å²) in [5.41, 5.74) is 3.04. The van der Waals surface area contributed by atoms with Crippen molar-refractivity contribution < 1.29 is 28.9 Å². The van der Waals surface area contributed by atoms with Crippen molar-refractivity contribution in [2.75, 3.05) is 20.3 Å². The van der Waals surface area contributed by atoms with E-state index >= 15 is 0 Å². The molecule has 2 aromatic rings. The zero-order valence-electron chi connectivity index (χ0n) is 22.8. The number of amides is 2. The zero-order chi connectivity index (χ0) is 28.4. The summed E-state index contributed by atoms with van der Waals surface area (Å²) in [4.78, 5) is 25.4. The fourth-order valence-corrected chi connectivity index (χ4v) is 4.15. The van der Waals surface area contributed by atoms with Gasteiger partial charge in [-0.1, -0.05) is 81.6 Å². The van der Waals surface area contributed by atoms with Gasteiger partial charge in [0, 0.05) is 24.1 Å². The molecule has 1 heterocycles. The number of hydrogen-bond donors (Lipinski definition) is 3. The van der Waals surface area contributed by atoms with E-state index in [-0.39, 0.29) is 25.4 Å². The molecule has 2 aromatic carbocycles. The number of hydrogen-bond acceptors (Lipinski definition) is 6. The summed E-state index contributed by atoms with van der Waals surface area (Å²) in [6.45, 7) is 12.0. The lowest BCUT2D eigenvalue weighted by molar-refractivity contribution is -0.258. The zero-order valence-corrected chi connectivity index (χ0v) is 22.8. The predicted octanol–water partition coefficient (Wildman–Crippen LogP) is 4.07. The molecule has 2 amide bonds. The average molecular weight is 535 g/mol. The van der Waals surface area contributed by atoms with Crippen LogP contribution in [0.5, 0.6) is 5.75 Å². The number of nitrogens with one attached hydrogen (secondary N) is 2. The van der Waals surface area contributed by atoms with Crippen LogP contribution in [0.15, 0.2) is 79.9 Å². The van der Waals surface area contributed by atoms with Gasteiger partial charge in [0.05, 0.1) is 13.7 Å². The van der Waals surface area contributed by atoms with Gasteiger partial charge in [-0.05, 0) is 35.3 Å². The van der Waals surface area contributed by atoms with Gasteiger partial charge in [-0.15, -0.1) is 0 Å². The molecule has 3 N–H and O–H groups in total. The molecule has 3 rings (SSSR count). The van der Waals surface area contributed by atoms with Gasteiger partial charge in [-0.25, -0.2) is 0 Å². The largest absolute Gasteiger partial charge is 0.497 e. The number of carbonyl (C=O) groups excluding carboxylic acids is 2. The smallest absolute Gasteiger partial charge is 0.249 e. The Hall–Kier alpha value is -3.72. The summed E-state index contributed by atoms with van der Waals surface area (Å²) in [6, 6.07) is 14.9. The van der Waals surface area contributed by atoms with E-state index in [0.29, 0.717) is 12.4 Å². The lowest BCUT2D eigenvalue weighted by atomic mass is 9.85.